The van der Waals surface area contributed by atoms with E-state index < -0.39 is 0 Å². The summed E-state index contributed by atoms with van der Waals surface area (Å²) in [4.78, 5) is 0. The van der Waals surface area contributed by atoms with Gasteiger partial charge in [-0.15, -0.1) is 0 Å². The maximum atomic E-state index is 4.11. The Hall–Kier alpha value is -0.610. The van der Waals surface area contributed by atoms with E-state index in [9.17, 15) is 0 Å². The molecular formula is C9H5Br2N2. The van der Waals surface area contributed by atoms with Gasteiger partial charge < -0.3 is 0 Å². The number of para-hydroxylation sites is 1. The molecular weight excluding hydrogens is 296 g/mol. The number of aromatic nitrogens is 2. The molecule has 0 unspecified atom stereocenters. The minimum Gasteiger partial charge on any atom is -0.238 e. The van der Waals surface area contributed by atoms with Crippen LogP contribution in [-0.4, -0.2) is 9.78 Å². The van der Waals surface area contributed by atoms with Crippen molar-refractivity contribution >= 4 is 31.9 Å². The lowest BCUT2D eigenvalue weighted by Crippen LogP contribution is -1.96. The number of hydrogen-bond donors (Lipinski definition) is 0. The van der Waals surface area contributed by atoms with Crippen LogP contribution in [-0.2, 0) is 0 Å². The Morgan fingerprint density at radius 2 is 1.92 bits per heavy atom. The Kier molecular flexibility index (Phi) is 2.51. The van der Waals surface area contributed by atoms with Crippen LogP contribution in [0.1, 0.15) is 0 Å². The molecule has 4 heteroatoms. The lowest BCUT2D eigenvalue weighted by Gasteiger charge is -2.06. The highest BCUT2D eigenvalue weighted by Gasteiger charge is 2.05. The average Bonchev–Trinajstić information content (AvgIpc) is 2.57. The van der Waals surface area contributed by atoms with Gasteiger partial charge >= 0.3 is 0 Å². The Bertz CT molecular complexity index is 389. The molecule has 0 aliphatic rings. The van der Waals surface area contributed by atoms with E-state index in [-0.39, 0.29) is 0 Å². The van der Waals surface area contributed by atoms with E-state index in [1.165, 1.54) is 0 Å². The molecule has 0 aliphatic heterocycles. The third-order valence-corrected chi connectivity index (χ3v) is 2.90. The van der Waals surface area contributed by atoms with Crippen LogP contribution < -0.4 is 0 Å². The number of hydrogen-bond acceptors (Lipinski definition) is 1. The van der Waals surface area contributed by atoms with Crippen molar-refractivity contribution in [2.24, 2.45) is 0 Å². The topological polar surface area (TPSA) is 17.8 Å². The van der Waals surface area contributed by atoms with Crippen LogP contribution in [0, 0.1) is 6.07 Å². The van der Waals surface area contributed by atoms with E-state index in [0.29, 0.717) is 0 Å². The quantitative estimate of drug-likeness (QED) is 0.791. The summed E-state index contributed by atoms with van der Waals surface area (Å²) in [6.45, 7) is 0. The third-order valence-electron chi connectivity index (χ3n) is 1.62. The summed E-state index contributed by atoms with van der Waals surface area (Å²) in [7, 11) is 0. The molecule has 1 heterocycles. The molecule has 0 saturated heterocycles. The van der Waals surface area contributed by atoms with Crippen molar-refractivity contribution in [2.75, 3.05) is 0 Å². The van der Waals surface area contributed by atoms with Gasteiger partial charge in [0, 0.05) is 21.2 Å². The first-order chi connectivity index (χ1) is 6.29. The van der Waals surface area contributed by atoms with Gasteiger partial charge in [-0.2, -0.15) is 5.10 Å². The average molecular weight is 301 g/mol. The monoisotopic (exact) mass is 299 g/mol. The Morgan fingerprint density at radius 1 is 1.23 bits per heavy atom. The van der Waals surface area contributed by atoms with E-state index in [1.807, 2.05) is 18.2 Å². The van der Waals surface area contributed by atoms with Crippen molar-refractivity contribution in [3.05, 3.63) is 45.6 Å². The maximum absolute atomic E-state index is 4.11. The fraction of sp³-hybridized carbons (Fsp3) is 0. The van der Waals surface area contributed by atoms with E-state index in [1.54, 1.807) is 17.1 Å². The van der Waals surface area contributed by atoms with Gasteiger partial charge in [0.05, 0.1) is 11.9 Å². The summed E-state index contributed by atoms with van der Waals surface area (Å²) in [6, 6.07) is 8.80. The molecule has 1 aromatic carbocycles. The standard InChI is InChI=1S/C9H5Br2N2/c10-7-3-1-4-8(11)9(7)13-6-2-5-12-13/h1,3-6H. The van der Waals surface area contributed by atoms with Crippen LogP contribution in [0.3, 0.4) is 0 Å². The smallest absolute Gasteiger partial charge is 0.0929 e. The van der Waals surface area contributed by atoms with Crippen LogP contribution in [0.4, 0.5) is 0 Å². The SMILES string of the molecule is Brc1cccc(Br)c1-n1c[c]cn1. The highest BCUT2D eigenvalue weighted by atomic mass is 79.9. The van der Waals surface area contributed by atoms with Gasteiger partial charge in [-0.25, -0.2) is 4.68 Å². The minimum absolute atomic E-state index is 0.990. The van der Waals surface area contributed by atoms with Crippen molar-refractivity contribution in [3.63, 3.8) is 0 Å². The lowest BCUT2D eigenvalue weighted by atomic mass is 10.3. The van der Waals surface area contributed by atoms with E-state index in [2.05, 4.69) is 43.0 Å². The zero-order chi connectivity index (χ0) is 9.26. The third kappa shape index (κ3) is 1.69. The van der Waals surface area contributed by atoms with Crippen LogP contribution >= 0.6 is 31.9 Å². The fourth-order valence-corrected chi connectivity index (χ4v) is 2.42. The van der Waals surface area contributed by atoms with Crippen LogP contribution in [0.5, 0.6) is 0 Å². The molecule has 2 nitrogen and oxygen atoms in total. The molecule has 65 valence electrons. The van der Waals surface area contributed by atoms with Crippen LogP contribution in [0.25, 0.3) is 5.69 Å². The van der Waals surface area contributed by atoms with Crippen molar-refractivity contribution in [1.82, 2.24) is 9.78 Å². The second-order valence-electron chi connectivity index (χ2n) is 2.46. The summed E-state index contributed by atoms with van der Waals surface area (Å²) in [5.74, 6) is 0. The predicted octanol–water partition coefficient (Wildman–Crippen LogP) is 3.20. The zero-order valence-corrected chi connectivity index (χ0v) is 9.71. The molecule has 0 fully saturated rings. The lowest BCUT2D eigenvalue weighted by molar-refractivity contribution is 0.871. The molecule has 0 atom stereocenters. The summed E-state index contributed by atoms with van der Waals surface area (Å²) in [5, 5.41) is 4.11. The second-order valence-corrected chi connectivity index (χ2v) is 4.16. The van der Waals surface area contributed by atoms with Gasteiger partial charge in [0.15, 0.2) is 0 Å². The number of rotatable bonds is 1. The molecule has 0 saturated carbocycles. The van der Waals surface area contributed by atoms with E-state index >= 15 is 0 Å². The Balaban J connectivity index is 2.64. The normalized spacial score (nSPS) is 10.3. The Labute approximate surface area is 92.8 Å². The molecule has 2 aromatic rings. The number of benzene rings is 1. The molecule has 13 heavy (non-hydrogen) atoms. The molecule has 0 aliphatic carbocycles. The molecule has 2 rings (SSSR count). The highest BCUT2D eigenvalue weighted by Crippen LogP contribution is 2.27. The summed E-state index contributed by atoms with van der Waals surface area (Å²) in [6.07, 6.45) is 3.41. The van der Waals surface area contributed by atoms with Gasteiger partial charge in [0.2, 0.25) is 0 Å². The van der Waals surface area contributed by atoms with Crippen molar-refractivity contribution in [1.29, 1.82) is 0 Å². The first-order valence-corrected chi connectivity index (χ1v) is 5.23. The van der Waals surface area contributed by atoms with Crippen molar-refractivity contribution in [3.8, 4) is 5.69 Å². The molecule has 0 spiro atoms. The minimum atomic E-state index is 0.990. The first kappa shape index (κ1) is 8.97. The van der Waals surface area contributed by atoms with Gasteiger partial charge in [-0.05, 0) is 44.0 Å². The molecule has 1 radical (unpaired) electrons. The second kappa shape index (κ2) is 3.64. The van der Waals surface area contributed by atoms with Gasteiger partial charge in [-0.1, -0.05) is 6.07 Å². The van der Waals surface area contributed by atoms with Gasteiger partial charge in [-0.3, -0.25) is 0 Å². The van der Waals surface area contributed by atoms with Gasteiger partial charge in [0.1, 0.15) is 0 Å². The predicted molar refractivity (Wildman–Crippen MR) is 57.8 cm³/mol. The summed E-state index contributed by atoms with van der Waals surface area (Å²) < 4.78 is 3.76. The fourth-order valence-electron chi connectivity index (χ4n) is 1.06. The van der Waals surface area contributed by atoms with Gasteiger partial charge in [0.25, 0.3) is 0 Å². The van der Waals surface area contributed by atoms with E-state index in [0.717, 1.165) is 14.6 Å². The number of nitrogens with zero attached hydrogens (tertiary/aromatic N) is 2. The zero-order valence-electron chi connectivity index (χ0n) is 6.54. The van der Waals surface area contributed by atoms with Crippen LogP contribution in [0.2, 0.25) is 0 Å². The largest absolute Gasteiger partial charge is 0.238 e. The molecule has 0 bridgehead atoms. The van der Waals surface area contributed by atoms with Crippen molar-refractivity contribution in [2.45, 2.75) is 0 Å². The molecule has 0 N–H and O–H groups in total. The maximum Gasteiger partial charge on any atom is 0.0929 e. The molecule has 1 aromatic heterocycles. The number of halogens is 2. The first-order valence-electron chi connectivity index (χ1n) is 3.64. The highest BCUT2D eigenvalue weighted by molar-refractivity contribution is 9.11. The molecule has 0 amide bonds. The van der Waals surface area contributed by atoms with Crippen molar-refractivity contribution < 1.29 is 0 Å². The van der Waals surface area contributed by atoms with E-state index in [4.69, 9.17) is 0 Å². The Morgan fingerprint density at radius 3 is 2.46 bits per heavy atom. The summed E-state index contributed by atoms with van der Waals surface area (Å²) >= 11 is 6.93. The summed E-state index contributed by atoms with van der Waals surface area (Å²) in [5.41, 5.74) is 0.990. The van der Waals surface area contributed by atoms with Crippen LogP contribution in [0.15, 0.2) is 39.5 Å².